The summed E-state index contributed by atoms with van der Waals surface area (Å²) in [6, 6.07) is 21.5. The smallest absolute Gasteiger partial charge is 0.490 e. The van der Waals surface area contributed by atoms with Crippen molar-refractivity contribution in [3.8, 4) is 11.1 Å². The molecule has 1 fully saturated rings. The number of amides is 1. The second-order valence-corrected chi connectivity index (χ2v) is 13.4. The maximum atomic E-state index is 14.9. The van der Waals surface area contributed by atoms with Crippen molar-refractivity contribution in [1.29, 1.82) is 0 Å². The van der Waals surface area contributed by atoms with Gasteiger partial charge in [-0.3, -0.25) is 9.69 Å². The predicted molar refractivity (Wildman–Crippen MR) is 180 cm³/mol. The first-order valence-electron chi connectivity index (χ1n) is 16.0. The Bertz CT molecular complexity index is 1520. The van der Waals surface area contributed by atoms with E-state index in [9.17, 15) is 22.4 Å². The lowest BCUT2D eigenvalue weighted by Gasteiger charge is -2.31. The third-order valence-corrected chi connectivity index (χ3v) is 7.83. The molecule has 0 aromatic heterocycles. The van der Waals surface area contributed by atoms with E-state index in [0.29, 0.717) is 23.7 Å². The Morgan fingerprint density at radius 2 is 1.69 bits per heavy atom. The Balaban J connectivity index is 0.000000940. The number of aliphatic carboxylic acids is 1. The second kappa shape index (κ2) is 19.3. The number of rotatable bonds is 12. The molecule has 1 amide bonds. The zero-order chi connectivity index (χ0) is 35.5. The van der Waals surface area contributed by atoms with Gasteiger partial charge in [-0.15, -0.1) is 0 Å². The third kappa shape index (κ3) is 15.1. The number of benzene rings is 3. The number of hydrogen-bond donors (Lipinski definition) is 3. The Labute approximate surface area is 304 Å². The van der Waals surface area contributed by atoms with Gasteiger partial charge in [-0.2, -0.15) is 13.2 Å². The van der Waals surface area contributed by atoms with Crippen LogP contribution in [0.5, 0.6) is 0 Å². The van der Waals surface area contributed by atoms with Crippen molar-refractivity contribution in [3.05, 3.63) is 94.8 Å². The van der Waals surface area contributed by atoms with E-state index in [0.717, 1.165) is 73.4 Å². The van der Waals surface area contributed by atoms with Gasteiger partial charge >= 0.3 is 12.1 Å². The first-order chi connectivity index (χ1) is 22.5. The van der Waals surface area contributed by atoms with E-state index < -0.39 is 12.1 Å². The SMILES string of the molecule is C[C@H]1CN(Cc2cccc(-c3cc(CNC(=O)c4cccc(CN(C)CCC[N+](C)(C)C)c4)ccc3F)c2)CCN1.O=C(O)C(F)(F)F.[I-]. The molecule has 0 radical (unpaired) electrons. The summed E-state index contributed by atoms with van der Waals surface area (Å²) in [4.78, 5) is 26.6. The van der Waals surface area contributed by atoms with Crippen LogP contribution >= 0.6 is 0 Å². The monoisotopic (exact) mass is 801 g/mol. The first-order valence-corrected chi connectivity index (χ1v) is 16.0. The van der Waals surface area contributed by atoms with Gasteiger partial charge in [0.15, 0.2) is 0 Å². The molecule has 1 aliphatic rings. The maximum absolute atomic E-state index is 14.9. The van der Waals surface area contributed by atoms with Crippen LogP contribution in [0.25, 0.3) is 11.1 Å². The average molecular weight is 802 g/mol. The molecule has 3 aromatic carbocycles. The largest absolute Gasteiger partial charge is 1.00 e. The number of hydrogen-bond acceptors (Lipinski definition) is 5. The van der Waals surface area contributed by atoms with E-state index in [4.69, 9.17) is 9.90 Å². The number of carbonyl (C=O) groups is 2. The highest BCUT2D eigenvalue weighted by Gasteiger charge is 2.38. The van der Waals surface area contributed by atoms with Crippen molar-refractivity contribution in [1.82, 2.24) is 20.4 Å². The molecule has 8 nitrogen and oxygen atoms in total. The van der Waals surface area contributed by atoms with Crippen molar-refractivity contribution in [2.24, 2.45) is 0 Å². The Kier molecular flexibility index (Phi) is 16.6. The highest BCUT2D eigenvalue weighted by Crippen LogP contribution is 2.26. The Morgan fingerprint density at radius 1 is 1.02 bits per heavy atom. The molecule has 4 rings (SSSR count). The minimum absolute atomic E-state index is 0. The quantitative estimate of drug-likeness (QED) is 0.149. The van der Waals surface area contributed by atoms with Gasteiger partial charge in [0.1, 0.15) is 5.82 Å². The van der Waals surface area contributed by atoms with Crippen molar-refractivity contribution in [2.45, 2.75) is 45.2 Å². The molecule has 49 heavy (non-hydrogen) atoms. The molecule has 1 atom stereocenters. The van der Waals surface area contributed by atoms with Crippen molar-refractivity contribution in [3.63, 3.8) is 0 Å². The topological polar surface area (TPSA) is 84.9 Å². The number of piperazine rings is 1. The van der Waals surface area contributed by atoms with E-state index >= 15 is 0 Å². The van der Waals surface area contributed by atoms with Gasteiger partial charge < -0.3 is 49.1 Å². The lowest BCUT2D eigenvalue weighted by molar-refractivity contribution is -0.870. The summed E-state index contributed by atoms with van der Waals surface area (Å²) in [5.41, 5.74) is 5.21. The summed E-state index contributed by atoms with van der Waals surface area (Å²) in [6.45, 7) is 9.32. The van der Waals surface area contributed by atoms with Crippen LogP contribution in [0.3, 0.4) is 0 Å². The molecule has 0 unspecified atom stereocenters. The molecule has 0 saturated carbocycles. The van der Waals surface area contributed by atoms with Crippen LogP contribution in [0.2, 0.25) is 0 Å². The summed E-state index contributed by atoms with van der Waals surface area (Å²) in [5.74, 6) is -3.14. The summed E-state index contributed by atoms with van der Waals surface area (Å²) < 4.78 is 47.6. The zero-order valence-corrected chi connectivity index (χ0v) is 30.9. The Morgan fingerprint density at radius 3 is 2.35 bits per heavy atom. The van der Waals surface area contributed by atoms with Crippen LogP contribution in [0, 0.1) is 5.82 Å². The summed E-state index contributed by atoms with van der Waals surface area (Å²) in [5, 5.41) is 13.6. The fourth-order valence-corrected chi connectivity index (χ4v) is 5.46. The summed E-state index contributed by atoms with van der Waals surface area (Å²) >= 11 is 0. The number of carbonyl (C=O) groups excluding carboxylic acids is 1. The molecule has 3 aromatic rings. The summed E-state index contributed by atoms with van der Waals surface area (Å²) in [7, 11) is 8.75. The number of nitrogens with one attached hydrogen (secondary N) is 2. The Hall–Kier alpha value is -3.11. The van der Waals surface area contributed by atoms with Crippen molar-refractivity contribution < 1.29 is 60.7 Å². The molecule has 0 bridgehead atoms. The van der Waals surface area contributed by atoms with Crippen LogP contribution in [0.4, 0.5) is 17.6 Å². The molecule has 270 valence electrons. The van der Waals surface area contributed by atoms with Crippen LogP contribution in [0.1, 0.15) is 40.4 Å². The molecule has 1 saturated heterocycles. The standard InChI is InChI=1S/C34H46FN5O.C2HF3O2.HI/c1-26-23-39(17-15-36-26)25-29-10-6-11-30(19-29)32-21-27(13-14-33(32)35)22-37-34(41)31-12-7-9-28(20-31)24-38(2)16-8-18-40(3,4)5;3-2(4,5)1(6)7;/h6-7,9-14,19-21,26,36H,8,15-18,22-25H2,1-5H3;(H,6,7);1H/t26-;;/m0../s1. The number of carboxylic acid groups (broad SMARTS) is 1. The molecule has 13 heteroatoms. The molecule has 1 aliphatic heterocycles. The fourth-order valence-electron chi connectivity index (χ4n) is 5.46. The minimum Gasteiger partial charge on any atom is -1.00 e. The number of quaternary nitrogens is 1. The number of alkyl halides is 3. The van der Waals surface area contributed by atoms with Gasteiger partial charge in [0.2, 0.25) is 0 Å². The van der Waals surface area contributed by atoms with Gasteiger partial charge in [0.25, 0.3) is 5.91 Å². The third-order valence-electron chi connectivity index (χ3n) is 7.83. The van der Waals surface area contributed by atoms with E-state index in [1.807, 2.05) is 36.4 Å². The zero-order valence-electron chi connectivity index (χ0n) is 28.8. The van der Waals surface area contributed by atoms with Gasteiger partial charge in [-0.1, -0.05) is 36.4 Å². The molecular weight excluding hydrogens is 753 g/mol. The van der Waals surface area contributed by atoms with Crippen LogP contribution in [-0.4, -0.2) is 104 Å². The van der Waals surface area contributed by atoms with E-state index in [1.165, 1.54) is 11.6 Å². The normalized spacial score (nSPS) is 15.2. The molecule has 3 N–H and O–H groups in total. The van der Waals surface area contributed by atoms with Crippen molar-refractivity contribution in [2.75, 3.05) is 60.9 Å². The van der Waals surface area contributed by atoms with Gasteiger partial charge in [0, 0.05) is 69.4 Å². The molecule has 0 aliphatic carbocycles. The number of carboxylic acids is 1. The average Bonchev–Trinajstić information content (AvgIpc) is 3.00. The van der Waals surface area contributed by atoms with Gasteiger partial charge in [-0.25, -0.2) is 9.18 Å². The lowest BCUT2D eigenvalue weighted by atomic mass is 10.00. The minimum atomic E-state index is -5.08. The molecule has 1 heterocycles. The van der Waals surface area contributed by atoms with Gasteiger partial charge in [-0.05, 0) is 66.6 Å². The van der Waals surface area contributed by atoms with Crippen molar-refractivity contribution >= 4 is 11.9 Å². The van der Waals surface area contributed by atoms with Crippen LogP contribution in [0.15, 0.2) is 66.7 Å². The van der Waals surface area contributed by atoms with E-state index in [-0.39, 0.29) is 35.7 Å². The lowest BCUT2D eigenvalue weighted by Crippen LogP contribution is -3.00. The molecule has 0 spiro atoms. The predicted octanol–water partition coefficient (Wildman–Crippen LogP) is 2.38. The highest BCUT2D eigenvalue weighted by molar-refractivity contribution is 5.94. The molecular formula is C36H48F4IN5O3. The van der Waals surface area contributed by atoms with E-state index in [1.54, 1.807) is 6.07 Å². The first kappa shape index (κ1) is 42.1. The van der Waals surface area contributed by atoms with E-state index in [2.05, 4.69) is 73.7 Å². The fraction of sp³-hybridized carbons (Fsp3) is 0.444. The second-order valence-electron chi connectivity index (χ2n) is 13.4. The summed E-state index contributed by atoms with van der Waals surface area (Å²) in [6.07, 6.45) is -3.96. The van der Waals surface area contributed by atoms with Crippen LogP contribution < -0.4 is 34.6 Å². The van der Waals surface area contributed by atoms with Crippen LogP contribution in [-0.2, 0) is 24.4 Å². The maximum Gasteiger partial charge on any atom is 0.490 e. The number of nitrogens with zero attached hydrogens (tertiary/aromatic N) is 3. The highest BCUT2D eigenvalue weighted by atomic mass is 127. The number of halogens is 5. The van der Waals surface area contributed by atoms with Gasteiger partial charge in [0.05, 0.1) is 27.7 Å².